The van der Waals surface area contributed by atoms with E-state index in [1.807, 2.05) is 0 Å². The van der Waals surface area contributed by atoms with E-state index in [0.29, 0.717) is 9.79 Å². The van der Waals surface area contributed by atoms with Crippen LogP contribution in [0.15, 0.2) is 64.6 Å². The Bertz CT molecular complexity index is 1020. The van der Waals surface area contributed by atoms with Gasteiger partial charge in [0, 0.05) is 23.1 Å². The topological polar surface area (TPSA) is 54.9 Å². The number of imidazole rings is 1. The van der Waals surface area contributed by atoms with Gasteiger partial charge in [0.15, 0.2) is 4.77 Å². The Labute approximate surface area is 144 Å². The van der Waals surface area contributed by atoms with E-state index in [-0.39, 0.29) is 9.79 Å². The number of benzene rings is 2. The lowest BCUT2D eigenvalue weighted by Crippen LogP contribution is -2.03. The van der Waals surface area contributed by atoms with Crippen LogP contribution in [0.1, 0.15) is 5.56 Å². The van der Waals surface area contributed by atoms with Crippen molar-refractivity contribution in [1.29, 1.82) is 0 Å². The number of rotatable bonds is 3. The normalized spacial score (nSPS) is 11.6. The summed E-state index contributed by atoms with van der Waals surface area (Å²) < 4.78 is 27.7. The number of nitrogens with one attached hydrogen (secondary N) is 1. The fourth-order valence-electron chi connectivity index (χ4n) is 2.23. The molecule has 0 saturated carbocycles. The lowest BCUT2D eigenvalue weighted by atomic mass is 10.2. The molecule has 3 rings (SSSR count). The monoisotopic (exact) mass is 364 g/mol. The van der Waals surface area contributed by atoms with Gasteiger partial charge in [0.25, 0.3) is 0 Å². The number of nitrogens with zero attached hydrogens (tertiary/aromatic N) is 1. The number of H-pyrrole nitrogens is 1. The lowest BCUT2D eigenvalue weighted by molar-refractivity contribution is 0.596. The highest BCUT2D eigenvalue weighted by atomic mass is 35.5. The second kappa shape index (κ2) is 5.96. The molecule has 0 spiro atoms. The van der Waals surface area contributed by atoms with Gasteiger partial charge in [0.1, 0.15) is 0 Å². The molecule has 1 heterocycles. The van der Waals surface area contributed by atoms with Crippen LogP contribution in [-0.2, 0) is 9.84 Å². The maximum absolute atomic E-state index is 12.7. The first-order valence-corrected chi connectivity index (χ1v) is 9.04. The average Bonchev–Trinajstić information content (AvgIpc) is 2.96. The summed E-state index contributed by atoms with van der Waals surface area (Å²) in [6, 6.07) is 11.3. The molecule has 0 aliphatic rings. The summed E-state index contributed by atoms with van der Waals surface area (Å²) in [5.74, 6) is 0. The Balaban J connectivity index is 2.02. The maximum Gasteiger partial charge on any atom is 0.206 e. The Morgan fingerprint density at radius 3 is 2.30 bits per heavy atom. The number of aryl methyl sites for hydroxylation is 1. The quantitative estimate of drug-likeness (QED) is 0.704. The molecule has 7 heteroatoms. The van der Waals surface area contributed by atoms with E-state index >= 15 is 0 Å². The molecule has 118 valence electrons. The summed E-state index contributed by atoms with van der Waals surface area (Å²) in [4.78, 5) is 3.35. The third-order valence-corrected chi connectivity index (χ3v) is 6.02. The van der Waals surface area contributed by atoms with Crippen molar-refractivity contribution in [3.63, 3.8) is 0 Å². The van der Waals surface area contributed by atoms with Gasteiger partial charge in [0.2, 0.25) is 9.84 Å². The van der Waals surface area contributed by atoms with Crippen LogP contribution in [0.25, 0.3) is 5.69 Å². The molecule has 0 saturated heterocycles. The molecule has 0 atom stereocenters. The molecule has 3 aromatic rings. The van der Waals surface area contributed by atoms with E-state index in [1.165, 1.54) is 6.07 Å². The minimum atomic E-state index is -3.58. The van der Waals surface area contributed by atoms with E-state index in [0.717, 1.165) is 11.3 Å². The number of halogens is 1. The smallest absolute Gasteiger partial charge is 0.206 e. The summed E-state index contributed by atoms with van der Waals surface area (Å²) in [5, 5.41) is 0.543. The van der Waals surface area contributed by atoms with Gasteiger partial charge >= 0.3 is 0 Å². The Morgan fingerprint density at radius 2 is 1.74 bits per heavy atom. The SMILES string of the molecule is Cc1cc(S(=O)(=O)c2ccc(-n3cc[nH]c3=S)cc2)ccc1Cl. The zero-order valence-electron chi connectivity index (χ0n) is 12.2. The number of hydrogen-bond donors (Lipinski definition) is 1. The van der Waals surface area contributed by atoms with Crippen molar-refractivity contribution >= 4 is 33.7 Å². The van der Waals surface area contributed by atoms with Crippen molar-refractivity contribution in [3.8, 4) is 5.69 Å². The predicted molar refractivity (Wildman–Crippen MR) is 92.6 cm³/mol. The van der Waals surface area contributed by atoms with Crippen molar-refractivity contribution in [1.82, 2.24) is 9.55 Å². The molecule has 23 heavy (non-hydrogen) atoms. The van der Waals surface area contributed by atoms with Crippen molar-refractivity contribution in [2.45, 2.75) is 16.7 Å². The van der Waals surface area contributed by atoms with Crippen molar-refractivity contribution in [2.24, 2.45) is 0 Å². The van der Waals surface area contributed by atoms with Gasteiger partial charge in [-0.2, -0.15) is 0 Å². The Morgan fingerprint density at radius 1 is 1.09 bits per heavy atom. The maximum atomic E-state index is 12.7. The molecule has 1 N–H and O–H groups in total. The van der Waals surface area contributed by atoms with Crippen LogP contribution in [-0.4, -0.2) is 18.0 Å². The summed E-state index contributed by atoms with van der Waals surface area (Å²) in [6.45, 7) is 1.78. The molecule has 2 aromatic carbocycles. The van der Waals surface area contributed by atoms with Gasteiger partial charge in [-0.1, -0.05) is 11.6 Å². The van der Waals surface area contributed by atoms with Crippen LogP contribution in [0.5, 0.6) is 0 Å². The highest BCUT2D eigenvalue weighted by Gasteiger charge is 2.18. The average molecular weight is 365 g/mol. The van der Waals surface area contributed by atoms with Gasteiger partial charge < -0.3 is 4.98 Å². The molecule has 0 aliphatic carbocycles. The summed E-state index contributed by atoms with van der Waals surface area (Å²) in [6.07, 6.45) is 3.51. The van der Waals surface area contributed by atoms with Gasteiger partial charge in [-0.25, -0.2) is 8.42 Å². The van der Waals surface area contributed by atoms with Crippen LogP contribution in [0.3, 0.4) is 0 Å². The molecule has 0 aliphatic heterocycles. The molecule has 0 amide bonds. The molecule has 0 fully saturated rings. The fourth-order valence-corrected chi connectivity index (χ4v) is 3.93. The van der Waals surface area contributed by atoms with Crippen LogP contribution < -0.4 is 0 Å². The first-order valence-electron chi connectivity index (χ1n) is 6.77. The van der Waals surface area contributed by atoms with Crippen LogP contribution in [0, 0.1) is 11.7 Å². The lowest BCUT2D eigenvalue weighted by Gasteiger charge is -2.08. The molecule has 0 bridgehead atoms. The van der Waals surface area contributed by atoms with Crippen LogP contribution in [0.2, 0.25) is 5.02 Å². The molecular weight excluding hydrogens is 352 g/mol. The first kappa shape index (κ1) is 16.0. The highest BCUT2D eigenvalue weighted by molar-refractivity contribution is 7.91. The number of sulfone groups is 1. The molecular formula is C16H13ClN2O2S2. The number of hydrogen-bond acceptors (Lipinski definition) is 3. The zero-order valence-corrected chi connectivity index (χ0v) is 14.5. The molecule has 0 unspecified atom stereocenters. The minimum absolute atomic E-state index is 0.227. The number of aromatic amines is 1. The molecule has 0 radical (unpaired) electrons. The summed E-state index contributed by atoms with van der Waals surface area (Å²) in [7, 11) is -3.58. The van der Waals surface area contributed by atoms with Crippen LogP contribution >= 0.6 is 23.8 Å². The standard InChI is InChI=1S/C16H13ClN2O2S2/c1-11-10-14(6-7-15(11)17)23(20,21)13-4-2-12(3-5-13)19-9-8-18-16(19)22/h2-10H,1H3,(H,18,22). The largest absolute Gasteiger partial charge is 0.337 e. The fraction of sp³-hybridized carbons (Fsp3) is 0.0625. The second-order valence-corrected chi connectivity index (χ2v) is 7.79. The van der Waals surface area contributed by atoms with E-state index in [4.69, 9.17) is 23.8 Å². The Kier molecular flexibility index (Phi) is 4.14. The summed E-state index contributed by atoms with van der Waals surface area (Å²) in [5.41, 5.74) is 1.52. The molecule has 1 aromatic heterocycles. The van der Waals surface area contributed by atoms with Gasteiger partial charge in [-0.3, -0.25) is 4.57 Å². The third kappa shape index (κ3) is 2.97. The van der Waals surface area contributed by atoms with Crippen LogP contribution in [0.4, 0.5) is 0 Å². The van der Waals surface area contributed by atoms with Gasteiger partial charge in [0.05, 0.1) is 9.79 Å². The van der Waals surface area contributed by atoms with Gasteiger partial charge in [-0.15, -0.1) is 0 Å². The summed E-state index contributed by atoms with van der Waals surface area (Å²) >= 11 is 11.1. The van der Waals surface area contributed by atoms with E-state index in [9.17, 15) is 8.42 Å². The predicted octanol–water partition coefficient (Wildman–Crippen LogP) is 4.33. The third-order valence-electron chi connectivity index (χ3n) is 3.51. The Hall–Kier alpha value is -1.89. The highest BCUT2D eigenvalue weighted by Crippen LogP contribution is 2.25. The molecule has 4 nitrogen and oxygen atoms in total. The zero-order chi connectivity index (χ0) is 16.6. The first-order chi connectivity index (χ1) is 10.9. The minimum Gasteiger partial charge on any atom is -0.337 e. The van der Waals surface area contributed by atoms with Gasteiger partial charge in [-0.05, 0) is 67.2 Å². The van der Waals surface area contributed by atoms with Crippen molar-refractivity contribution in [3.05, 3.63) is 70.2 Å². The second-order valence-electron chi connectivity index (χ2n) is 5.04. The van der Waals surface area contributed by atoms with Crippen molar-refractivity contribution in [2.75, 3.05) is 0 Å². The van der Waals surface area contributed by atoms with Crippen molar-refractivity contribution < 1.29 is 8.42 Å². The number of aromatic nitrogens is 2. The van der Waals surface area contributed by atoms with E-state index in [2.05, 4.69) is 4.98 Å². The van der Waals surface area contributed by atoms with E-state index in [1.54, 1.807) is 60.3 Å². The van der Waals surface area contributed by atoms with E-state index < -0.39 is 9.84 Å².